The van der Waals surface area contributed by atoms with E-state index < -0.39 is 11.7 Å². The van der Waals surface area contributed by atoms with Gasteiger partial charge in [0.25, 0.3) is 5.91 Å². The zero-order valence-electron chi connectivity index (χ0n) is 11.2. The predicted octanol–water partition coefficient (Wildman–Crippen LogP) is 1.13. The van der Waals surface area contributed by atoms with Crippen LogP contribution in [0.4, 0.5) is 4.39 Å². The Morgan fingerprint density at radius 2 is 2.20 bits per heavy atom. The second-order valence-electron chi connectivity index (χ2n) is 4.87. The van der Waals surface area contributed by atoms with Crippen LogP contribution in [-0.4, -0.2) is 42.0 Å². The van der Waals surface area contributed by atoms with Crippen molar-refractivity contribution >= 4 is 11.8 Å². The molecule has 1 atom stereocenters. The Balaban J connectivity index is 2.16. The van der Waals surface area contributed by atoms with Gasteiger partial charge in [-0.25, -0.2) is 4.39 Å². The summed E-state index contributed by atoms with van der Waals surface area (Å²) in [4.78, 5) is 25.4. The summed E-state index contributed by atoms with van der Waals surface area (Å²) in [5.41, 5.74) is -0.0671. The molecule has 2 amide bonds. The fourth-order valence-electron chi connectivity index (χ4n) is 2.43. The van der Waals surface area contributed by atoms with Crippen molar-refractivity contribution < 1.29 is 19.1 Å². The highest BCUT2D eigenvalue weighted by Gasteiger charge is 2.29. The largest absolute Gasteiger partial charge is 0.507 e. The Kier molecular flexibility index (Phi) is 4.22. The van der Waals surface area contributed by atoms with Crippen LogP contribution in [0.1, 0.15) is 23.2 Å². The van der Waals surface area contributed by atoms with Gasteiger partial charge >= 0.3 is 0 Å². The molecule has 1 aliphatic heterocycles. The molecule has 1 saturated heterocycles. The van der Waals surface area contributed by atoms with E-state index in [9.17, 15) is 19.1 Å². The number of phenolic OH excluding ortho intramolecular Hbond substituents is 1. The molecular weight excluding hydrogens is 263 g/mol. The molecule has 108 valence electrons. The van der Waals surface area contributed by atoms with Gasteiger partial charge in [-0.1, -0.05) is 0 Å². The molecule has 0 radical (unpaired) electrons. The van der Waals surface area contributed by atoms with Crippen LogP contribution in [0.5, 0.6) is 5.75 Å². The molecule has 1 aliphatic rings. The molecule has 0 aromatic heterocycles. The molecule has 20 heavy (non-hydrogen) atoms. The molecule has 1 fully saturated rings. The van der Waals surface area contributed by atoms with Gasteiger partial charge in [0.1, 0.15) is 11.6 Å². The highest BCUT2D eigenvalue weighted by atomic mass is 19.1. The summed E-state index contributed by atoms with van der Waals surface area (Å²) in [6.45, 7) is 0.788. The van der Waals surface area contributed by atoms with Crippen LogP contribution >= 0.6 is 0 Å². The maximum absolute atomic E-state index is 13.2. The molecule has 0 spiro atoms. The van der Waals surface area contributed by atoms with E-state index in [4.69, 9.17) is 0 Å². The Bertz CT molecular complexity index is 533. The van der Waals surface area contributed by atoms with Crippen LogP contribution < -0.4 is 5.32 Å². The van der Waals surface area contributed by atoms with Crippen LogP contribution in [0, 0.1) is 11.7 Å². The molecule has 2 rings (SSSR count). The number of amides is 2. The molecule has 1 aromatic rings. The first kappa shape index (κ1) is 14.3. The van der Waals surface area contributed by atoms with Crippen molar-refractivity contribution in [2.45, 2.75) is 12.8 Å². The number of phenols is 1. The van der Waals surface area contributed by atoms with E-state index >= 15 is 0 Å². The normalized spacial score (nSPS) is 18.7. The summed E-state index contributed by atoms with van der Waals surface area (Å²) in [6, 6.07) is 3.26. The first-order valence-electron chi connectivity index (χ1n) is 6.52. The molecule has 1 heterocycles. The van der Waals surface area contributed by atoms with E-state index in [1.807, 2.05) is 0 Å². The Morgan fingerprint density at radius 1 is 1.45 bits per heavy atom. The summed E-state index contributed by atoms with van der Waals surface area (Å²) in [5.74, 6) is -1.64. The molecule has 1 aromatic carbocycles. The van der Waals surface area contributed by atoms with Crippen LogP contribution in [0.3, 0.4) is 0 Å². The fourth-order valence-corrected chi connectivity index (χ4v) is 2.43. The number of piperidine rings is 1. The molecule has 0 aliphatic carbocycles. The van der Waals surface area contributed by atoms with Crippen LogP contribution in [0.2, 0.25) is 0 Å². The quantitative estimate of drug-likeness (QED) is 0.853. The Labute approximate surface area is 116 Å². The number of carbonyl (C=O) groups excluding carboxylic acids is 2. The first-order valence-corrected chi connectivity index (χ1v) is 6.52. The van der Waals surface area contributed by atoms with E-state index in [-0.39, 0.29) is 29.7 Å². The average Bonchev–Trinajstić information content (AvgIpc) is 2.48. The average molecular weight is 280 g/mol. The number of nitrogens with zero attached hydrogens (tertiary/aromatic N) is 1. The molecule has 2 N–H and O–H groups in total. The van der Waals surface area contributed by atoms with Crippen molar-refractivity contribution in [1.82, 2.24) is 10.2 Å². The summed E-state index contributed by atoms with van der Waals surface area (Å²) >= 11 is 0. The molecular formula is C14H17FN2O3. The lowest BCUT2D eigenvalue weighted by Crippen LogP contribution is -2.44. The third-order valence-corrected chi connectivity index (χ3v) is 3.51. The summed E-state index contributed by atoms with van der Waals surface area (Å²) in [7, 11) is 1.56. The topological polar surface area (TPSA) is 69.6 Å². The van der Waals surface area contributed by atoms with E-state index in [2.05, 4.69) is 5.32 Å². The summed E-state index contributed by atoms with van der Waals surface area (Å²) in [5, 5.41) is 12.2. The van der Waals surface area contributed by atoms with Gasteiger partial charge in [-0.15, -0.1) is 0 Å². The van der Waals surface area contributed by atoms with Gasteiger partial charge in [0.05, 0.1) is 11.5 Å². The minimum absolute atomic E-state index is 0.0671. The van der Waals surface area contributed by atoms with E-state index in [1.54, 1.807) is 7.05 Å². The SMILES string of the molecule is CNC(=O)C1CCCN(C(=O)c2cc(F)ccc2O)C1. The highest BCUT2D eigenvalue weighted by molar-refractivity contribution is 5.97. The number of hydrogen-bond donors (Lipinski definition) is 2. The monoisotopic (exact) mass is 280 g/mol. The Hall–Kier alpha value is -2.11. The number of carbonyl (C=O) groups is 2. The number of hydrogen-bond acceptors (Lipinski definition) is 3. The van der Waals surface area contributed by atoms with Crippen molar-refractivity contribution in [2.75, 3.05) is 20.1 Å². The van der Waals surface area contributed by atoms with Crippen molar-refractivity contribution in [2.24, 2.45) is 5.92 Å². The molecule has 6 heteroatoms. The predicted molar refractivity (Wildman–Crippen MR) is 70.8 cm³/mol. The van der Waals surface area contributed by atoms with Crippen molar-refractivity contribution in [3.63, 3.8) is 0 Å². The number of benzene rings is 1. The number of nitrogens with one attached hydrogen (secondary N) is 1. The first-order chi connectivity index (χ1) is 9.52. The molecule has 0 saturated carbocycles. The highest BCUT2D eigenvalue weighted by Crippen LogP contribution is 2.23. The van der Waals surface area contributed by atoms with Gasteiger partial charge in [0.2, 0.25) is 5.91 Å². The second-order valence-corrected chi connectivity index (χ2v) is 4.87. The van der Waals surface area contributed by atoms with Crippen molar-refractivity contribution in [3.05, 3.63) is 29.6 Å². The lowest BCUT2D eigenvalue weighted by atomic mass is 9.96. The fraction of sp³-hybridized carbons (Fsp3) is 0.429. The number of aromatic hydroxyl groups is 1. The number of likely N-dealkylation sites (tertiary alicyclic amines) is 1. The van der Waals surface area contributed by atoms with Gasteiger partial charge in [0.15, 0.2) is 0 Å². The van der Waals surface area contributed by atoms with E-state index in [0.717, 1.165) is 24.6 Å². The third-order valence-electron chi connectivity index (χ3n) is 3.51. The smallest absolute Gasteiger partial charge is 0.257 e. The van der Waals surface area contributed by atoms with Gasteiger partial charge in [-0.2, -0.15) is 0 Å². The Morgan fingerprint density at radius 3 is 2.90 bits per heavy atom. The van der Waals surface area contributed by atoms with Crippen LogP contribution in [0.25, 0.3) is 0 Å². The van der Waals surface area contributed by atoms with Gasteiger partial charge in [0, 0.05) is 20.1 Å². The zero-order chi connectivity index (χ0) is 14.7. The maximum Gasteiger partial charge on any atom is 0.257 e. The third kappa shape index (κ3) is 2.89. The van der Waals surface area contributed by atoms with Gasteiger partial charge < -0.3 is 15.3 Å². The molecule has 0 bridgehead atoms. The van der Waals surface area contributed by atoms with Gasteiger partial charge in [-0.05, 0) is 31.0 Å². The summed E-state index contributed by atoms with van der Waals surface area (Å²) < 4.78 is 13.2. The molecule has 5 nitrogen and oxygen atoms in total. The van der Waals surface area contributed by atoms with Crippen molar-refractivity contribution in [3.8, 4) is 5.75 Å². The van der Waals surface area contributed by atoms with E-state index in [1.165, 1.54) is 4.90 Å². The van der Waals surface area contributed by atoms with Crippen LogP contribution in [0.15, 0.2) is 18.2 Å². The minimum Gasteiger partial charge on any atom is -0.507 e. The van der Waals surface area contributed by atoms with Gasteiger partial charge in [-0.3, -0.25) is 9.59 Å². The van der Waals surface area contributed by atoms with Crippen molar-refractivity contribution in [1.29, 1.82) is 0 Å². The molecule has 1 unspecified atom stereocenters. The lowest BCUT2D eigenvalue weighted by Gasteiger charge is -2.32. The zero-order valence-corrected chi connectivity index (χ0v) is 11.2. The lowest BCUT2D eigenvalue weighted by molar-refractivity contribution is -0.125. The van der Waals surface area contributed by atoms with Crippen LogP contribution in [-0.2, 0) is 4.79 Å². The number of rotatable bonds is 2. The maximum atomic E-state index is 13.2. The second kappa shape index (κ2) is 5.90. The minimum atomic E-state index is -0.578. The number of halogens is 1. The summed E-state index contributed by atoms with van der Waals surface area (Å²) in [6.07, 6.45) is 1.43. The van der Waals surface area contributed by atoms with E-state index in [0.29, 0.717) is 13.0 Å². The standard InChI is InChI=1S/C14H17FN2O3/c1-16-13(19)9-3-2-6-17(8-9)14(20)11-7-10(15)4-5-12(11)18/h4-5,7,9,18H,2-3,6,8H2,1H3,(H,16,19).